The highest BCUT2D eigenvalue weighted by Crippen LogP contribution is 2.45. The molecule has 0 aliphatic heterocycles. The molecule has 5 atom stereocenters. The first-order valence-electron chi connectivity index (χ1n) is 45.8. The lowest BCUT2D eigenvalue weighted by Crippen LogP contribution is -2.30. The molecule has 5 unspecified atom stereocenters. The third-order valence-corrected chi connectivity index (χ3v) is 21.6. The maximum absolute atomic E-state index is 13.0. The summed E-state index contributed by atoms with van der Waals surface area (Å²) in [6.07, 6.45) is 107. The highest BCUT2D eigenvalue weighted by Gasteiger charge is 2.29. The van der Waals surface area contributed by atoms with Crippen molar-refractivity contribution in [3.8, 4) is 0 Å². The Morgan fingerprint density at radius 2 is 0.469 bits per heavy atom. The number of esters is 3. The van der Waals surface area contributed by atoms with E-state index in [1.807, 2.05) is 0 Å². The summed E-state index contributed by atoms with van der Waals surface area (Å²) in [6.45, 7) is 2.59. The predicted octanol–water partition coefficient (Wildman–Crippen LogP) is 28.0. The van der Waals surface area contributed by atoms with Crippen LogP contribution in [0.3, 0.4) is 0 Å². The molecule has 0 rings (SSSR count). The molecule has 0 aromatic carbocycles. The van der Waals surface area contributed by atoms with Gasteiger partial charge in [0.2, 0.25) is 0 Å². The number of carbonyl (C=O) groups excluding carboxylic acids is 3. The zero-order chi connectivity index (χ0) is 82.2. The van der Waals surface area contributed by atoms with E-state index >= 15 is 0 Å². The zero-order valence-corrected chi connectivity index (χ0v) is 73.8. The van der Waals surface area contributed by atoms with E-state index in [0.29, 0.717) is 19.3 Å². The van der Waals surface area contributed by atoms with Crippen molar-refractivity contribution in [2.24, 2.45) is 0 Å². The molecule has 0 amide bonds. The minimum Gasteiger partial charge on any atom is -0.463 e. The number of allylic oxidation sites excluding steroid dienone is 20. The molecule has 0 saturated heterocycles. The van der Waals surface area contributed by atoms with E-state index in [-0.39, 0.29) is 19.3 Å². The summed E-state index contributed by atoms with van der Waals surface area (Å²) in [5.41, 5.74) is 0. The number of hydrogen-bond acceptors (Lipinski definition) is 14. The van der Waals surface area contributed by atoms with E-state index in [1.165, 1.54) is 212 Å². The van der Waals surface area contributed by atoms with E-state index < -0.39 is 91.5 Å². The van der Waals surface area contributed by atoms with E-state index in [1.54, 1.807) is 0 Å². The van der Waals surface area contributed by atoms with Crippen LogP contribution in [-0.4, -0.2) is 95.9 Å². The van der Waals surface area contributed by atoms with Crippen LogP contribution in [0.4, 0.5) is 0 Å². The molecule has 16 nitrogen and oxygen atoms in total. The smallest absolute Gasteiger partial charge is 0.463 e. The largest absolute Gasteiger partial charge is 0.472 e. The lowest BCUT2D eigenvalue weighted by molar-refractivity contribution is -0.161. The summed E-state index contributed by atoms with van der Waals surface area (Å²) in [4.78, 5) is 58.8. The lowest BCUT2D eigenvalue weighted by atomic mass is 10.0. The molecule has 4 N–H and O–H groups in total. The first-order chi connectivity index (χ1) is 55.2. The SMILES string of the molecule is CC/C=C\C/C=C\C/C=C\C/C=C\C/C=C\C/C=C\CCCCCCCCCCCCCCC(=O)OCC(COP(=O)(O)OCC(O)COP(=O)(O)OCC(O)COC(=O)CCCCCCCCCCCCCCCCCCCCC/C=C\C/C=C\C/C=C\C/C=C\CCCCC)OC(=O)CCCCCCCCCCCCC. The second kappa shape index (κ2) is 87.3. The van der Waals surface area contributed by atoms with E-state index in [4.69, 9.17) is 32.3 Å². The molecule has 0 fully saturated rings. The van der Waals surface area contributed by atoms with Crippen LogP contribution in [-0.2, 0) is 55.8 Å². The van der Waals surface area contributed by atoms with E-state index in [0.717, 1.165) is 135 Å². The highest BCUT2D eigenvalue weighted by atomic mass is 31.2. The van der Waals surface area contributed by atoms with Crippen molar-refractivity contribution in [3.05, 3.63) is 122 Å². The van der Waals surface area contributed by atoms with Gasteiger partial charge in [-0.2, -0.15) is 0 Å². The first kappa shape index (κ1) is 109. The van der Waals surface area contributed by atoms with Crippen molar-refractivity contribution in [2.75, 3.05) is 39.6 Å². The number of carbonyl (C=O) groups is 3. The Morgan fingerprint density at radius 1 is 0.257 bits per heavy atom. The molecule has 0 heterocycles. The monoisotopic (exact) mass is 1630 g/mol. The van der Waals surface area contributed by atoms with Gasteiger partial charge in [-0.3, -0.25) is 32.5 Å². The van der Waals surface area contributed by atoms with Crippen molar-refractivity contribution in [1.82, 2.24) is 0 Å². The standard InChI is InChI=1S/C95H168O16P2/c1-4-7-10-13-16-19-22-24-26-28-30-32-34-36-38-40-42-43-44-45-47-49-50-52-54-56-58-60-62-64-67-69-72-75-78-81-93(98)105-84-90(96)85-107-112(101,102)108-86-91(97)87-109-113(103,104)110-89-92(111-95(100)83-80-77-74-71-66-21-18-15-12-9-6-3)88-106-94(99)82-79-76-73-70-68-65-63-61-59-57-55-53-51-48-46-41-39-37-35-33-31-29-27-25-23-20-17-14-11-8-5-2/h8,11,16-17,19-20,24-27,30-33,36-39,46,48,90-92,96-97H,4-7,9-10,12-15,18,21-23,28-29,34-35,40-45,47,49-89H2,1-3H3,(H,101,102)(H,103,104)/b11-8-,19-16-,20-17-,26-24-,27-25-,32-30-,33-31-,38-36-,39-37-,48-46-. The number of hydrogen-bond donors (Lipinski definition) is 4. The number of rotatable bonds is 87. The molecule has 0 spiro atoms. The molecule has 0 bridgehead atoms. The van der Waals surface area contributed by atoms with Crippen LogP contribution in [0.2, 0.25) is 0 Å². The Labute approximate surface area is 691 Å². The van der Waals surface area contributed by atoms with Gasteiger partial charge in [0, 0.05) is 19.3 Å². The quantitative estimate of drug-likeness (QED) is 0.0146. The van der Waals surface area contributed by atoms with Gasteiger partial charge in [0.25, 0.3) is 0 Å². The zero-order valence-electron chi connectivity index (χ0n) is 72.0. The summed E-state index contributed by atoms with van der Waals surface area (Å²) >= 11 is 0. The van der Waals surface area contributed by atoms with Crippen LogP contribution in [0.15, 0.2) is 122 Å². The maximum Gasteiger partial charge on any atom is 0.472 e. The fourth-order valence-electron chi connectivity index (χ4n) is 12.7. The molecule has 0 saturated carbocycles. The van der Waals surface area contributed by atoms with Crippen molar-refractivity contribution in [1.29, 1.82) is 0 Å². The van der Waals surface area contributed by atoms with Crippen LogP contribution >= 0.6 is 15.6 Å². The molecule has 0 aromatic heterocycles. The van der Waals surface area contributed by atoms with Crippen molar-refractivity contribution >= 4 is 33.6 Å². The van der Waals surface area contributed by atoms with Gasteiger partial charge in [-0.05, 0) is 116 Å². The maximum atomic E-state index is 13.0. The number of ether oxygens (including phenoxy) is 3. The number of phosphoric acid groups is 2. The predicted molar refractivity (Wildman–Crippen MR) is 473 cm³/mol. The molecule has 0 aromatic rings. The Hall–Kier alpha value is -4.05. The molecule has 18 heteroatoms. The van der Waals surface area contributed by atoms with Crippen LogP contribution < -0.4 is 0 Å². The Balaban J connectivity index is 4.32. The Bertz CT molecular complexity index is 2540. The molecule has 113 heavy (non-hydrogen) atoms. The molecule has 0 aliphatic carbocycles. The average Bonchev–Trinajstić information content (AvgIpc) is 0.897. The molecular weight excluding hydrogens is 1460 g/mol. The summed E-state index contributed by atoms with van der Waals surface area (Å²) in [6, 6.07) is 0. The topological polar surface area (TPSA) is 231 Å². The number of unbranched alkanes of at least 4 members (excludes halogenated alkanes) is 44. The third-order valence-electron chi connectivity index (χ3n) is 19.7. The number of phosphoric ester groups is 2. The van der Waals surface area contributed by atoms with Gasteiger partial charge in [-0.15, -0.1) is 0 Å². The van der Waals surface area contributed by atoms with Gasteiger partial charge in [0.1, 0.15) is 25.4 Å². The molecule has 654 valence electrons. The third kappa shape index (κ3) is 88.6. The van der Waals surface area contributed by atoms with Gasteiger partial charge in [0.15, 0.2) is 6.10 Å². The van der Waals surface area contributed by atoms with Gasteiger partial charge in [0.05, 0.1) is 26.4 Å². The van der Waals surface area contributed by atoms with Crippen molar-refractivity contribution in [3.63, 3.8) is 0 Å². The van der Waals surface area contributed by atoms with Crippen LogP contribution in [0.25, 0.3) is 0 Å². The van der Waals surface area contributed by atoms with Crippen molar-refractivity contribution < 1.29 is 75.8 Å². The normalized spacial score (nSPS) is 14.4. The van der Waals surface area contributed by atoms with E-state index in [2.05, 4.69) is 142 Å². The van der Waals surface area contributed by atoms with Crippen LogP contribution in [0, 0.1) is 0 Å². The van der Waals surface area contributed by atoms with Crippen molar-refractivity contribution in [2.45, 2.75) is 424 Å². The summed E-state index contributed by atoms with van der Waals surface area (Å²) in [5.74, 6) is -1.56. The molecular formula is C95H168O16P2. The summed E-state index contributed by atoms with van der Waals surface area (Å²) in [7, 11) is -9.78. The summed E-state index contributed by atoms with van der Waals surface area (Å²) < 4.78 is 61.3. The van der Waals surface area contributed by atoms with E-state index in [9.17, 15) is 43.5 Å². The fraction of sp³-hybridized carbons (Fsp3) is 0.758. The fourth-order valence-corrected chi connectivity index (χ4v) is 14.3. The molecule has 0 aliphatic rings. The Morgan fingerprint density at radius 3 is 0.761 bits per heavy atom. The highest BCUT2D eigenvalue weighted by molar-refractivity contribution is 7.47. The number of aliphatic hydroxyl groups excluding tert-OH is 2. The average molecular weight is 1630 g/mol. The lowest BCUT2D eigenvalue weighted by Gasteiger charge is -2.21. The first-order valence-corrected chi connectivity index (χ1v) is 48.8. The van der Waals surface area contributed by atoms with Gasteiger partial charge in [-0.25, -0.2) is 9.13 Å². The second-order valence-electron chi connectivity index (χ2n) is 30.7. The number of aliphatic hydroxyl groups is 2. The van der Waals surface area contributed by atoms with Crippen LogP contribution in [0.1, 0.15) is 406 Å². The second-order valence-corrected chi connectivity index (χ2v) is 33.6. The van der Waals surface area contributed by atoms with Crippen LogP contribution in [0.5, 0.6) is 0 Å². The van der Waals surface area contributed by atoms with Gasteiger partial charge < -0.3 is 34.2 Å². The Kier molecular flexibility index (Phi) is 84.1. The van der Waals surface area contributed by atoms with Gasteiger partial charge in [-0.1, -0.05) is 393 Å². The summed E-state index contributed by atoms with van der Waals surface area (Å²) in [5, 5.41) is 20.7. The minimum absolute atomic E-state index is 0.107. The molecule has 0 radical (unpaired) electrons. The minimum atomic E-state index is -4.93. The van der Waals surface area contributed by atoms with Gasteiger partial charge >= 0.3 is 33.6 Å².